The summed E-state index contributed by atoms with van der Waals surface area (Å²) in [6, 6.07) is 17.7. The molecule has 0 unspecified atom stereocenters. The predicted octanol–water partition coefficient (Wildman–Crippen LogP) is 2.86. The average Bonchev–Trinajstić information content (AvgIpc) is 2.88. The quantitative estimate of drug-likeness (QED) is 0.443. The highest BCUT2D eigenvalue weighted by Crippen LogP contribution is 2.19. The molecule has 3 amide bonds. The van der Waals surface area contributed by atoms with Crippen molar-refractivity contribution in [2.45, 2.75) is 39.0 Å². The summed E-state index contributed by atoms with van der Waals surface area (Å²) < 4.78 is 10.5. The standard InChI is InChI=1S/C26H31N3O6/c1-3-34-24(32)26(2,27-22(30)20-13-8-5-9-14-20)28-23(31)21-15-10-16-29(17-21)25(33)35-18-19-11-6-4-7-12-19/h4-9,11-14,21H,3,10,15-18H2,1-2H3,(H,27,30)(H,28,31)/t21-,26+/m1/s1. The van der Waals surface area contributed by atoms with Crippen LogP contribution in [0.4, 0.5) is 4.79 Å². The number of nitrogens with one attached hydrogen (secondary N) is 2. The van der Waals surface area contributed by atoms with E-state index in [1.807, 2.05) is 30.3 Å². The number of piperidine rings is 1. The van der Waals surface area contributed by atoms with Gasteiger partial charge >= 0.3 is 12.1 Å². The molecule has 1 saturated heterocycles. The first-order chi connectivity index (χ1) is 16.8. The summed E-state index contributed by atoms with van der Waals surface area (Å²) in [4.78, 5) is 52.6. The van der Waals surface area contributed by atoms with E-state index in [4.69, 9.17) is 9.47 Å². The molecule has 1 aliphatic rings. The molecule has 35 heavy (non-hydrogen) atoms. The largest absolute Gasteiger partial charge is 0.463 e. The number of ether oxygens (including phenoxy) is 2. The normalized spacial score (nSPS) is 17.0. The Kier molecular flexibility index (Phi) is 8.83. The molecule has 2 atom stereocenters. The molecule has 0 saturated carbocycles. The van der Waals surface area contributed by atoms with Gasteiger partial charge in [0.15, 0.2) is 0 Å². The summed E-state index contributed by atoms with van der Waals surface area (Å²) in [7, 11) is 0. The van der Waals surface area contributed by atoms with E-state index in [-0.39, 0.29) is 19.8 Å². The van der Waals surface area contributed by atoms with Gasteiger partial charge in [-0.25, -0.2) is 9.59 Å². The van der Waals surface area contributed by atoms with Crippen molar-refractivity contribution in [3.8, 4) is 0 Å². The average molecular weight is 482 g/mol. The van der Waals surface area contributed by atoms with Crippen molar-refractivity contribution in [3.63, 3.8) is 0 Å². The molecular formula is C26H31N3O6. The number of benzene rings is 2. The molecule has 0 aliphatic carbocycles. The van der Waals surface area contributed by atoms with Gasteiger partial charge in [0.1, 0.15) is 6.61 Å². The van der Waals surface area contributed by atoms with Crippen LogP contribution in [0.1, 0.15) is 42.6 Å². The van der Waals surface area contributed by atoms with E-state index in [1.165, 1.54) is 11.8 Å². The second-order valence-electron chi connectivity index (χ2n) is 8.48. The maximum atomic E-state index is 13.1. The minimum atomic E-state index is -1.78. The van der Waals surface area contributed by atoms with E-state index in [1.54, 1.807) is 37.3 Å². The molecule has 1 heterocycles. The van der Waals surface area contributed by atoms with Gasteiger partial charge in [0, 0.05) is 18.7 Å². The Morgan fingerprint density at radius 1 is 0.971 bits per heavy atom. The van der Waals surface area contributed by atoms with Crippen molar-refractivity contribution in [3.05, 3.63) is 71.8 Å². The van der Waals surface area contributed by atoms with Crippen molar-refractivity contribution >= 4 is 23.9 Å². The first-order valence-electron chi connectivity index (χ1n) is 11.6. The van der Waals surface area contributed by atoms with Crippen LogP contribution in [0.5, 0.6) is 0 Å². The zero-order chi connectivity index (χ0) is 25.3. The van der Waals surface area contributed by atoms with Gasteiger partial charge in [0.05, 0.1) is 12.5 Å². The molecule has 1 aliphatic heterocycles. The van der Waals surface area contributed by atoms with Crippen molar-refractivity contribution in [2.24, 2.45) is 5.92 Å². The number of hydrogen-bond acceptors (Lipinski definition) is 6. The van der Waals surface area contributed by atoms with E-state index >= 15 is 0 Å². The third kappa shape index (κ3) is 7.05. The maximum absolute atomic E-state index is 13.1. The Labute approximate surface area is 204 Å². The SMILES string of the molecule is CCOC(=O)[C@@](C)(NC(=O)c1ccccc1)NC(=O)[C@@H]1CCCN(C(=O)OCc2ccccc2)C1. The molecule has 2 aromatic carbocycles. The molecule has 0 spiro atoms. The summed E-state index contributed by atoms with van der Waals surface area (Å²) in [5.74, 6) is -2.35. The highest BCUT2D eigenvalue weighted by Gasteiger charge is 2.41. The Balaban J connectivity index is 1.64. The van der Waals surface area contributed by atoms with Crippen LogP contribution in [-0.4, -0.2) is 54.1 Å². The number of esters is 1. The van der Waals surface area contributed by atoms with Crippen molar-refractivity contribution < 1.29 is 28.7 Å². The summed E-state index contributed by atoms with van der Waals surface area (Å²) in [5, 5.41) is 5.23. The van der Waals surface area contributed by atoms with Crippen LogP contribution in [0.3, 0.4) is 0 Å². The van der Waals surface area contributed by atoms with Crippen LogP contribution in [0.2, 0.25) is 0 Å². The number of carbonyl (C=O) groups is 4. The Morgan fingerprint density at radius 3 is 2.29 bits per heavy atom. The molecule has 0 bridgehead atoms. The van der Waals surface area contributed by atoms with Crippen molar-refractivity contribution in [1.82, 2.24) is 15.5 Å². The van der Waals surface area contributed by atoms with Crippen LogP contribution < -0.4 is 10.6 Å². The van der Waals surface area contributed by atoms with Crippen LogP contribution in [-0.2, 0) is 25.7 Å². The lowest BCUT2D eigenvalue weighted by molar-refractivity contribution is -0.154. The smallest absolute Gasteiger partial charge is 0.410 e. The highest BCUT2D eigenvalue weighted by atomic mass is 16.6. The molecule has 9 heteroatoms. The molecular weight excluding hydrogens is 450 g/mol. The number of amides is 3. The van der Waals surface area contributed by atoms with Gasteiger partial charge in [-0.1, -0.05) is 48.5 Å². The Bertz CT molecular complexity index is 1030. The minimum absolute atomic E-state index is 0.0793. The summed E-state index contributed by atoms with van der Waals surface area (Å²) in [6.07, 6.45) is 0.627. The first kappa shape index (κ1) is 25.7. The lowest BCUT2D eigenvalue weighted by Crippen LogP contribution is -2.65. The monoisotopic (exact) mass is 481 g/mol. The van der Waals surface area contributed by atoms with Gasteiger partial charge in [-0.3, -0.25) is 9.59 Å². The van der Waals surface area contributed by atoms with Crippen molar-refractivity contribution in [1.29, 1.82) is 0 Å². The van der Waals surface area contributed by atoms with Gasteiger partial charge in [0.25, 0.3) is 5.91 Å². The van der Waals surface area contributed by atoms with Gasteiger partial charge in [-0.2, -0.15) is 0 Å². The van der Waals surface area contributed by atoms with E-state index in [2.05, 4.69) is 10.6 Å². The van der Waals surface area contributed by atoms with Gasteiger partial charge in [0.2, 0.25) is 11.6 Å². The Morgan fingerprint density at radius 2 is 1.63 bits per heavy atom. The van der Waals surface area contributed by atoms with Gasteiger partial charge < -0.3 is 25.0 Å². The fourth-order valence-corrected chi connectivity index (χ4v) is 3.81. The van der Waals surface area contributed by atoms with E-state index in [0.29, 0.717) is 24.9 Å². The summed E-state index contributed by atoms with van der Waals surface area (Å²) in [5.41, 5.74) is -0.579. The van der Waals surface area contributed by atoms with E-state index in [9.17, 15) is 19.2 Å². The zero-order valence-electron chi connectivity index (χ0n) is 20.0. The second-order valence-corrected chi connectivity index (χ2v) is 8.48. The molecule has 186 valence electrons. The number of carbonyl (C=O) groups excluding carboxylic acids is 4. The highest BCUT2D eigenvalue weighted by molar-refractivity contribution is 5.99. The van der Waals surface area contributed by atoms with E-state index in [0.717, 1.165) is 5.56 Å². The lowest BCUT2D eigenvalue weighted by Gasteiger charge is -2.35. The van der Waals surface area contributed by atoms with E-state index < -0.39 is 35.5 Å². The zero-order valence-corrected chi connectivity index (χ0v) is 20.0. The fourth-order valence-electron chi connectivity index (χ4n) is 3.81. The summed E-state index contributed by atoms with van der Waals surface area (Å²) >= 11 is 0. The van der Waals surface area contributed by atoms with Crippen molar-refractivity contribution in [2.75, 3.05) is 19.7 Å². The summed E-state index contributed by atoms with van der Waals surface area (Å²) in [6.45, 7) is 3.86. The second kappa shape index (κ2) is 12.0. The predicted molar refractivity (Wildman–Crippen MR) is 128 cm³/mol. The maximum Gasteiger partial charge on any atom is 0.410 e. The molecule has 1 fully saturated rings. The minimum Gasteiger partial charge on any atom is -0.463 e. The van der Waals surface area contributed by atoms with Crippen LogP contribution in [0.15, 0.2) is 60.7 Å². The third-order valence-electron chi connectivity index (χ3n) is 5.71. The van der Waals surface area contributed by atoms with Crippen LogP contribution >= 0.6 is 0 Å². The topological polar surface area (TPSA) is 114 Å². The molecule has 2 N–H and O–H groups in total. The lowest BCUT2D eigenvalue weighted by atomic mass is 9.96. The molecule has 9 nitrogen and oxygen atoms in total. The van der Waals surface area contributed by atoms with Gasteiger partial charge in [-0.05, 0) is 44.4 Å². The Hall–Kier alpha value is -3.88. The number of hydrogen-bond donors (Lipinski definition) is 2. The molecule has 3 rings (SSSR count). The number of rotatable bonds is 8. The third-order valence-corrected chi connectivity index (χ3v) is 5.71. The molecule has 2 aromatic rings. The van der Waals surface area contributed by atoms with Crippen LogP contribution in [0.25, 0.3) is 0 Å². The fraction of sp³-hybridized carbons (Fsp3) is 0.385. The first-order valence-corrected chi connectivity index (χ1v) is 11.6. The molecule has 0 radical (unpaired) electrons. The van der Waals surface area contributed by atoms with Crippen LogP contribution in [0, 0.1) is 5.92 Å². The van der Waals surface area contributed by atoms with Gasteiger partial charge in [-0.15, -0.1) is 0 Å². The number of likely N-dealkylation sites (tertiary alicyclic amines) is 1. The number of nitrogens with zero attached hydrogens (tertiary/aromatic N) is 1. The molecule has 0 aromatic heterocycles.